The highest BCUT2D eigenvalue weighted by Crippen LogP contribution is 2.36. The van der Waals surface area contributed by atoms with E-state index in [0.29, 0.717) is 32.1 Å². The zero-order valence-electron chi connectivity index (χ0n) is 15.0. The predicted octanol–water partition coefficient (Wildman–Crippen LogP) is 2.82. The summed E-state index contributed by atoms with van der Waals surface area (Å²) in [5, 5.41) is 38.9. The Kier molecular flexibility index (Phi) is 10.4. The molecule has 4 N–H and O–H groups in total. The number of aliphatic carboxylic acids is 1. The first kappa shape index (κ1) is 21.6. The highest BCUT2D eigenvalue weighted by Gasteiger charge is 2.39. The standard InChI is InChI=1S/C20H32O5/c1-2-3-6-9-15(21)12-13-17-16(18(22)14-19(17)23)10-7-4-5-8-11-20(24)25/h3-4,6-7,12-13,15-19,21-23H,2,5,8-11,14H2,1H3,(H,24,25)/b6-3+,7-4+,13-12+/t15?,16-,17-,18+,19-/m1/s1. The number of carboxylic acid groups (broad SMARTS) is 1. The quantitative estimate of drug-likeness (QED) is 0.339. The average molecular weight is 352 g/mol. The van der Waals surface area contributed by atoms with Crippen LogP contribution in [-0.2, 0) is 4.79 Å². The second-order valence-electron chi connectivity index (χ2n) is 6.67. The maximum atomic E-state index is 10.5. The van der Waals surface area contributed by atoms with Gasteiger partial charge in [-0.3, -0.25) is 4.79 Å². The van der Waals surface area contributed by atoms with Crippen molar-refractivity contribution in [1.29, 1.82) is 0 Å². The normalized spacial score (nSPS) is 28.5. The van der Waals surface area contributed by atoms with Gasteiger partial charge in [0.25, 0.3) is 0 Å². The topological polar surface area (TPSA) is 98.0 Å². The fraction of sp³-hybridized carbons (Fsp3) is 0.650. The molecular weight excluding hydrogens is 320 g/mol. The Morgan fingerprint density at radius 1 is 1.16 bits per heavy atom. The summed E-state index contributed by atoms with van der Waals surface area (Å²) < 4.78 is 0. The number of unbranched alkanes of at least 4 members (excludes halogenated alkanes) is 1. The Hall–Kier alpha value is -1.43. The number of allylic oxidation sites excluding steroid dienone is 3. The van der Waals surface area contributed by atoms with Crippen LogP contribution >= 0.6 is 0 Å². The number of carbonyl (C=O) groups is 1. The van der Waals surface area contributed by atoms with Crippen molar-refractivity contribution >= 4 is 5.97 Å². The molecule has 1 fully saturated rings. The number of hydrogen-bond donors (Lipinski definition) is 4. The van der Waals surface area contributed by atoms with Gasteiger partial charge in [-0.05, 0) is 38.0 Å². The van der Waals surface area contributed by atoms with Gasteiger partial charge >= 0.3 is 5.97 Å². The van der Waals surface area contributed by atoms with Crippen molar-refractivity contribution in [3.63, 3.8) is 0 Å². The maximum absolute atomic E-state index is 10.5. The molecule has 0 amide bonds. The molecule has 0 saturated heterocycles. The Bertz CT molecular complexity index is 469. The van der Waals surface area contributed by atoms with Crippen LogP contribution in [0.1, 0.15) is 51.9 Å². The molecule has 1 aliphatic carbocycles. The van der Waals surface area contributed by atoms with E-state index in [9.17, 15) is 20.1 Å². The lowest BCUT2D eigenvalue weighted by Gasteiger charge is -2.19. The lowest BCUT2D eigenvalue weighted by Crippen LogP contribution is -2.20. The molecule has 25 heavy (non-hydrogen) atoms. The first-order valence-electron chi connectivity index (χ1n) is 9.20. The molecule has 0 aromatic carbocycles. The summed E-state index contributed by atoms with van der Waals surface area (Å²) in [7, 11) is 0. The van der Waals surface area contributed by atoms with Crippen LogP contribution in [-0.4, -0.2) is 44.7 Å². The molecule has 5 nitrogen and oxygen atoms in total. The predicted molar refractivity (Wildman–Crippen MR) is 98.0 cm³/mol. The van der Waals surface area contributed by atoms with Gasteiger partial charge in [0, 0.05) is 18.8 Å². The SMILES string of the molecule is CC/C=C/CC(O)/C=C/[C@@H]1[C@@H](C/C=C/CCCC(=O)O)[C@@H](O)C[C@H]1O. The lowest BCUT2D eigenvalue weighted by molar-refractivity contribution is -0.137. The molecule has 0 aliphatic heterocycles. The second-order valence-corrected chi connectivity index (χ2v) is 6.67. The third-order valence-electron chi connectivity index (χ3n) is 4.59. The summed E-state index contributed by atoms with van der Waals surface area (Å²) in [6, 6.07) is 0. The fourth-order valence-electron chi connectivity index (χ4n) is 3.19. The maximum Gasteiger partial charge on any atom is 0.303 e. The van der Waals surface area contributed by atoms with Gasteiger partial charge < -0.3 is 20.4 Å². The van der Waals surface area contributed by atoms with Crippen molar-refractivity contribution in [2.45, 2.75) is 70.2 Å². The molecule has 5 atom stereocenters. The van der Waals surface area contributed by atoms with Gasteiger partial charge in [-0.15, -0.1) is 0 Å². The highest BCUT2D eigenvalue weighted by atomic mass is 16.4. The molecule has 0 spiro atoms. The van der Waals surface area contributed by atoms with Crippen LogP contribution in [0, 0.1) is 11.8 Å². The fourth-order valence-corrected chi connectivity index (χ4v) is 3.19. The minimum Gasteiger partial charge on any atom is -0.481 e. The largest absolute Gasteiger partial charge is 0.481 e. The summed E-state index contributed by atoms with van der Waals surface area (Å²) >= 11 is 0. The summed E-state index contributed by atoms with van der Waals surface area (Å²) in [5.41, 5.74) is 0. The third-order valence-corrected chi connectivity index (χ3v) is 4.59. The molecule has 0 aromatic rings. The van der Waals surface area contributed by atoms with Crippen LogP contribution in [0.2, 0.25) is 0 Å². The number of carboxylic acids is 1. The molecule has 5 heteroatoms. The number of hydrogen-bond acceptors (Lipinski definition) is 4. The van der Waals surface area contributed by atoms with Gasteiger partial charge in [-0.25, -0.2) is 0 Å². The molecule has 1 rings (SSSR count). The van der Waals surface area contributed by atoms with Gasteiger partial charge in [0.05, 0.1) is 18.3 Å². The van der Waals surface area contributed by atoms with Gasteiger partial charge in [0.1, 0.15) is 0 Å². The van der Waals surface area contributed by atoms with Gasteiger partial charge in [0.2, 0.25) is 0 Å². The smallest absolute Gasteiger partial charge is 0.303 e. The van der Waals surface area contributed by atoms with E-state index in [4.69, 9.17) is 5.11 Å². The van der Waals surface area contributed by atoms with Crippen molar-refractivity contribution in [3.8, 4) is 0 Å². The van der Waals surface area contributed by atoms with Crippen LogP contribution in [0.3, 0.4) is 0 Å². The van der Waals surface area contributed by atoms with E-state index in [0.717, 1.165) is 6.42 Å². The average Bonchev–Trinajstić information content (AvgIpc) is 2.82. The first-order valence-corrected chi connectivity index (χ1v) is 9.20. The Balaban J connectivity index is 2.50. The second kappa shape index (κ2) is 12.0. The molecule has 142 valence electrons. The number of aliphatic hydroxyl groups excluding tert-OH is 3. The zero-order valence-corrected chi connectivity index (χ0v) is 15.0. The minimum absolute atomic E-state index is 0.0830. The monoisotopic (exact) mass is 352 g/mol. The molecule has 1 aliphatic rings. The van der Waals surface area contributed by atoms with Crippen LogP contribution in [0.4, 0.5) is 0 Å². The van der Waals surface area contributed by atoms with Crippen LogP contribution in [0.25, 0.3) is 0 Å². The van der Waals surface area contributed by atoms with Crippen LogP contribution < -0.4 is 0 Å². The van der Waals surface area contributed by atoms with E-state index in [1.54, 1.807) is 6.08 Å². The summed E-state index contributed by atoms with van der Waals surface area (Å²) in [6.45, 7) is 2.04. The third kappa shape index (κ3) is 8.47. The lowest BCUT2D eigenvalue weighted by atomic mass is 9.89. The van der Waals surface area contributed by atoms with Crippen molar-refractivity contribution < 1.29 is 25.2 Å². The molecular formula is C20H32O5. The Morgan fingerprint density at radius 2 is 1.92 bits per heavy atom. The number of rotatable bonds is 11. The van der Waals surface area contributed by atoms with E-state index in [1.165, 1.54) is 0 Å². The molecule has 1 unspecified atom stereocenters. The van der Waals surface area contributed by atoms with Crippen LogP contribution in [0.15, 0.2) is 36.5 Å². The zero-order chi connectivity index (χ0) is 18.7. The number of aliphatic hydroxyl groups is 3. The highest BCUT2D eigenvalue weighted by molar-refractivity contribution is 5.66. The van der Waals surface area contributed by atoms with Crippen molar-refractivity contribution in [1.82, 2.24) is 0 Å². The van der Waals surface area contributed by atoms with Crippen molar-refractivity contribution in [3.05, 3.63) is 36.5 Å². The van der Waals surface area contributed by atoms with E-state index in [2.05, 4.69) is 0 Å². The van der Waals surface area contributed by atoms with Crippen molar-refractivity contribution in [2.24, 2.45) is 11.8 Å². The van der Waals surface area contributed by atoms with Crippen molar-refractivity contribution in [2.75, 3.05) is 0 Å². The van der Waals surface area contributed by atoms with E-state index < -0.39 is 24.3 Å². The molecule has 1 saturated carbocycles. The Morgan fingerprint density at radius 3 is 2.60 bits per heavy atom. The minimum atomic E-state index is -0.791. The molecule has 0 bridgehead atoms. The molecule has 0 aromatic heterocycles. The van der Waals surface area contributed by atoms with Gasteiger partial charge in [-0.1, -0.05) is 43.4 Å². The van der Waals surface area contributed by atoms with E-state index in [-0.39, 0.29) is 18.3 Å². The molecule has 0 heterocycles. The molecule has 0 radical (unpaired) electrons. The summed E-state index contributed by atoms with van der Waals surface area (Å²) in [4.78, 5) is 10.5. The van der Waals surface area contributed by atoms with Crippen LogP contribution in [0.5, 0.6) is 0 Å². The van der Waals surface area contributed by atoms with Gasteiger partial charge in [-0.2, -0.15) is 0 Å². The summed E-state index contributed by atoms with van der Waals surface area (Å²) in [5.74, 6) is -1.05. The summed E-state index contributed by atoms with van der Waals surface area (Å²) in [6.07, 6.45) is 13.5. The van der Waals surface area contributed by atoms with E-state index >= 15 is 0 Å². The van der Waals surface area contributed by atoms with E-state index in [1.807, 2.05) is 37.3 Å². The Labute approximate surface area is 150 Å². The first-order chi connectivity index (χ1) is 12.0. The van der Waals surface area contributed by atoms with Gasteiger partial charge in [0.15, 0.2) is 0 Å².